The molecule has 3 atom stereocenters. The van der Waals surface area contributed by atoms with E-state index in [9.17, 15) is 5.11 Å². The van der Waals surface area contributed by atoms with E-state index in [4.69, 9.17) is 4.74 Å². The second kappa shape index (κ2) is 4.88. The van der Waals surface area contributed by atoms with Gasteiger partial charge in [-0.2, -0.15) is 0 Å². The van der Waals surface area contributed by atoms with Crippen LogP contribution in [-0.4, -0.2) is 17.3 Å². The van der Waals surface area contributed by atoms with Gasteiger partial charge in [-0.25, -0.2) is 0 Å². The lowest BCUT2D eigenvalue weighted by Gasteiger charge is -2.21. The van der Waals surface area contributed by atoms with Gasteiger partial charge in [-0.15, -0.1) is 0 Å². The molecule has 1 aliphatic heterocycles. The lowest BCUT2D eigenvalue weighted by molar-refractivity contribution is 0.0864. The third kappa shape index (κ3) is 2.38. The molecule has 3 unspecified atom stereocenters. The van der Waals surface area contributed by atoms with Crippen LogP contribution in [0, 0.1) is 5.92 Å². The molecular formula is C14H20O2. The maximum atomic E-state index is 9.63. The molecule has 2 nitrogen and oxygen atoms in total. The van der Waals surface area contributed by atoms with Gasteiger partial charge in [-0.3, -0.25) is 0 Å². The van der Waals surface area contributed by atoms with Crippen molar-refractivity contribution < 1.29 is 9.84 Å². The number of ether oxygens (including phenoxy) is 1. The van der Waals surface area contributed by atoms with Crippen molar-refractivity contribution in [2.75, 3.05) is 0 Å². The molecule has 0 radical (unpaired) electrons. The molecule has 2 heteroatoms. The number of rotatable bonds is 4. The van der Waals surface area contributed by atoms with Crippen molar-refractivity contribution in [1.29, 1.82) is 0 Å². The molecule has 16 heavy (non-hydrogen) atoms. The first-order valence-electron chi connectivity index (χ1n) is 6.13. The van der Waals surface area contributed by atoms with E-state index < -0.39 is 0 Å². The Balaban J connectivity index is 1.96. The third-order valence-electron chi connectivity index (χ3n) is 3.49. The second-order valence-electron chi connectivity index (χ2n) is 4.70. The number of hydrogen-bond donors (Lipinski definition) is 1. The molecule has 1 aromatic rings. The van der Waals surface area contributed by atoms with Gasteiger partial charge < -0.3 is 9.84 Å². The zero-order chi connectivity index (χ0) is 11.5. The average molecular weight is 220 g/mol. The van der Waals surface area contributed by atoms with Crippen molar-refractivity contribution in [3.05, 3.63) is 29.8 Å². The normalized spacial score (nSPS) is 22.3. The summed E-state index contributed by atoms with van der Waals surface area (Å²) in [4.78, 5) is 0. The van der Waals surface area contributed by atoms with Gasteiger partial charge >= 0.3 is 0 Å². The minimum Gasteiger partial charge on any atom is -0.490 e. The second-order valence-corrected chi connectivity index (χ2v) is 4.70. The van der Waals surface area contributed by atoms with E-state index in [2.05, 4.69) is 19.1 Å². The Bertz CT molecular complexity index is 321. The topological polar surface area (TPSA) is 29.5 Å². The molecule has 1 aliphatic rings. The SMILES string of the molecule is CCC(CC1Cc2ccccc2O1)C(C)O. The van der Waals surface area contributed by atoms with Crippen LogP contribution >= 0.6 is 0 Å². The number of aliphatic hydroxyl groups is 1. The summed E-state index contributed by atoms with van der Waals surface area (Å²) in [6.45, 7) is 4.00. The molecule has 1 heterocycles. The minimum atomic E-state index is -0.239. The zero-order valence-electron chi connectivity index (χ0n) is 10.0. The van der Waals surface area contributed by atoms with Crippen molar-refractivity contribution in [2.24, 2.45) is 5.92 Å². The summed E-state index contributed by atoms with van der Waals surface area (Å²) in [5.74, 6) is 1.37. The monoisotopic (exact) mass is 220 g/mol. The molecule has 0 bridgehead atoms. The van der Waals surface area contributed by atoms with Gasteiger partial charge in [0, 0.05) is 6.42 Å². The molecule has 0 aliphatic carbocycles. The van der Waals surface area contributed by atoms with Crippen LogP contribution in [0.25, 0.3) is 0 Å². The number of hydrogen-bond acceptors (Lipinski definition) is 2. The smallest absolute Gasteiger partial charge is 0.123 e. The van der Waals surface area contributed by atoms with E-state index in [0.29, 0.717) is 5.92 Å². The molecular weight excluding hydrogens is 200 g/mol. The fourth-order valence-corrected chi connectivity index (χ4v) is 2.43. The van der Waals surface area contributed by atoms with E-state index in [1.807, 2.05) is 19.1 Å². The van der Waals surface area contributed by atoms with Crippen molar-refractivity contribution in [3.63, 3.8) is 0 Å². The molecule has 0 amide bonds. The lowest BCUT2D eigenvalue weighted by Crippen LogP contribution is -2.24. The van der Waals surface area contributed by atoms with E-state index in [1.54, 1.807) is 0 Å². The maximum absolute atomic E-state index is 9.63. The third-order valence-corrected chi connectivity index (χ3v) is 3.49. The highest BCUT2D eigenvalue weighted by Crippen LogP contribution is 2.31. The van der Waals surface area contributed by atoms with Gasteiger partial charge in [0.25, 0.3) is 0 Å². The highest BCUT2D eigenvalue weighted by molar-refractivity contribution is 5.37. The van der Waals surface area contributed by atoms with Crippen molar-refractivity contribution in [2.45, 2.75) is 45.3 Å². The lowest BCUT2D eigenvalue weighted by atomic mass is 9.92. The molecule has 0 fully saturated rings. The first kappa shape index (κ1) is 11.5. The van der Waals surface area contributed by atoms with Crippen molar-refractivity contribution in [3.8, 4) is 5.75 Å². The molecule has 1 aromatic carbocycles. The Kier molecular flexibility index (Phi) is 3.49. The first-order valence-corrected chi connectivity index (χ1v) is 6.13. The summed E-state index contributed by atoms with van der Waals surface area (Å²) >= 11 is 0. The Labute approximate surface area is 97.3 Å². The summed E-state index contributed by atoms with van der Waals surface area (Å²) in [6, 6.07) is 8.21. The van der Waals surface area contributed by atoms with Crippen LogP contribution in [0.4, 0.5) is 0 Å². The summed E-state index contributed by atoms with van der Waals surface area (Å²) in [5, 5.41) is 9.63. The predicted molar refractivity (Wildman–Crippen MR) is 64.6 cm³/mol. The van der Waals surface area contributed by atoms with Crippen LogP contribution in [0.3, 0.4) is 0 Å². The number of para-hydroxylation sites is 1. The standard InChI is InChI=1S/C14H20O2/c1-3-11(10(2)15)8-13-9-12-6-4-5-7-14(12)16-13/h4-7,10-11,13,15H,3,8-9H2,1-2H3. The van der Waals surface area contributed by atoms with Crippen LogP contribution in [0.1, 0.15) is 32.3 Å². The van der Waals surface area contributed by atoms with Gasteiger partial charge in [-0.1, -0.05) is 31.5 Å². The zero-order valence-corrected chi connectivity index (χ0v) is 10.0. The van der Waals surface area contributed by atoms with Crippen LogP contribution in [0.2, 0.25) is 0 Å². The summed E-state index contributed by atoms with van der Waals surface area (Å²) in [5.41, 5.74) is 1.30. The largest absolute Gasteiger partial charge is 0.490 e. The molecule has 0 spiro atoms. The first-order chi connectivity index (χ1) is 7.70. The fourth-order valence-electron chi connectivity index (χ4n) is 2.43. The molecule has 2 rings (SSSR count). The van der Waals surface area contributed by atoms with E-state index in [1.165, 1.54) is 5.56 Å². The highest BCUT2D eigenvalue weighted by Gasteiger charge is 2.26. The quantitative estimate of drug-likeness (QED) is 0.845. The van der Waals surface area contributed by atoms with Gasteiger partial charge in [0.15, 0.2) is 0 Å². The highest BCUT2D eigenvalue weighted by atomic mass is 16.5. The Morgan fingerprint density at radius 2 is 2.19 bits per heavy atom. The molecule has 0 aromatic heterocycles. The fraction of sp³-hybridized carbons (Fsp3) is 0.571. The Morgan fingerprint density at radius 1 is 1.44 bits per heavy atom. The van der Waals surface area contributed by atoms with Gasteiger partial charge in [0.2, 0.25) is 0 Å². The predicted octanol–water partition coefficient (Wildman–Crippen LogP) is 2.79. The number of benzene rings is 1. The molecule has 88 valence electrons. The van der Waals surface area contributed by atoms with Crippen LogP contribution < -0.4 is 4.74 Å². The number of fused-ring (bicyclic) bond motifs is 1. The Morgan fingerprint density at radius 3 is 2.81 bits per heavy atom. The van der Waals surface area contributed by atoms with E-state index in [-0.39, 0.29) is 12.2 Å². The molecule has 1 N–H and O–H groups in total. The number of aliphatic hydroxyl groups excluding tert-OH is 1. The Hall–Kier alpha value is -1.02. The van der Waals surface area contributed by atoms with Crippen molar-refractivity contribution >= 4 is 0 Å². The molecule has 0 saturated heterocycles. The minimum absolute atomic E-state index is 0.239. The summed E-state index contributed by atoms with van der Waals surface area (Å²) in [6.07, 6.45) is 2.95. The van der Waals surface area contributed by atoms with Crippen LogP contribution in [0.5, 0.6) is 5.75 Å². The summed E-state index contributed by atoms with van der Waals surface area (Å²) < 4.78 is 5.88. The van der Waals surface area contributed by atoms with E-state index in [0.717, 1.165) is 25.0 Å². The van der Waals surface area contributed by atoms with Crippen LogP contribution in [0.15, 0.2) is 24.3 Å². The van der Waals surface area contributed by atoms with E-state index >= 15 is 0 Å². The molecule has 0 saturated carbocycles. The van der Waals surface area contributed by atoms with Gasteiger partial charge in [0.1, 0.15) is 11.9 Å². The van der Waals surface area contributed by atoms with Gasteiger partial charge in [0.05, 0.1) is 6.10 Å². The van der Waals surface area contributed by atoms with Gasteiger partial charge in [-0.05, 0) is 30.9 Å². The van der Waals surface area contributed by atoms with Crippen LogP contribution in [-0.2, 0) is 6.42 Å². The maximum Gasteiger partial charge on any atom is 0.123 e. The summed E-state index contributed by atoms with van der Waals surface area (Å²) in [7, 11) is 0. The average Bonchev–Trinajstić information content (AvgIpc) is 2.67. The van der Waals surface area contributed by atoms with Crippen molar-refractivity contribution in [1.82, 2.24) is 0 Å².